The van der Waals surface area contributed by atoms with E-state index in [9.17, 15) is 0 Å². The predicted molar refractivity (Wildman–Crippen MR) is 82.5 cm³/mol. The number of hydrogen-bond donors (Lipinski definition) is 0. The molecule has 0 atom stereocenters. The maximum Gasteiger partial charge on any atom is 0.0964 e. The van der Waals surface area contributed by atoms with Crippen LogP contribution in [0.2, 0.25) is 0 Å². The SMILES string of the molecule is CSC(/C=C/c1ccccc1)=Nc1ccccc1. The average molecular weight is 253 g/mol. The van der Waals surface area contributed by atoms with E-state index in [2.05, 4.69) is 23.2 Å². The quantitative estimate of drug-likeness (QED) is 0.565. The van der Waals surface area contributed by atoms with E-state index in [1.807, 2.05) is 60.9 Å². The number of rotatable bonds is 3. The van der Waals surface area contributed by atoms with E-state index in [-0.39, 0.29) is 0 Å². The molecular weight excluding hydrogens is 238 g/mol. The van der Waals surface area contributed by atoms with E-state index in [0.717, 1.165) is 10.7 Å². The molecule has 0 heterocycles. The van der Waals surface area contributed by atoms with Gasteiger partial charge < -0.3 is 0 Å². The Hall–Kier alpha value is -1.80. The van der Waals surface area contributed by atoms with Gasteiger partial charge in [-0.3, -0.25) is 0 Å². The van der Waals surface area contributed by atoms with Gasteiger partial charge in [0, 0.05) is 0 Å². The molecule has 0 aliphatic heterocycles. The lowest BCUT2D eigenvalue weighted by Gasteiger charge is -1.97. The van der Waals surface area contributed by atoms with Gasteiger partial charge in [0.05, 0.1) is 10.7 Å². The fraction of sp³-hybridized carbons (Fsp3) is 0.0625. The molecule has 0 radical (unpaired) electrons. The molecule has 0 N–H and O–H groups in total. The summed E-state index contributed by atoms with van der Waals surface area (Å²) in [6.45, 7) is 0. The average Bonchev–Trinajstić information content (AvgIpc) is 2.45. The highest BCUT2D eigenvalue weighted by Gasteiger charge is 1.93. The van der Waals surface area contributed by atoms with Crippen molar-refractivity contribution in [2.24, 2.45) is 4.99 Å². The number of nitrogens with zero attached hydrogens (tertiary/aromatic N) is 1. The Morgan fingerprint density at radius 2 is 1.56 bits per heavy atom. The smallest absolute Gasteiger partial charge is 0.0964 e. The van der Waals surface area contributed by atoms with E-state index in [1.165, 1.54) is 5.56 Å². The number of aliphatic imine (C=N–C) groups is 1. The minimum absolute atomic E-state index is 0.986. The maximum absolute atomic E-state index is 4.58. The van der Waals surface area contributed by atoms with Crippen molar-refractivity contribution in [2.75, 3.05) is 6.26 Å². The lowest BCUT2D eigenvalue weighted by Crippen LogP contribution is -1.83. The molecule has 2 aromatic carbocycles. The second-order valence-electron chi connectivity index (χ2n) is 3.73. The Morgan fingerprint density at radius 3 is 2.17 bits per heavy atom. The van der Waals surface area contributed by atoms with E-state index in [4.69, 9.17) is 0 Å². The molecule has 18 heavy (non-hydrogen) atoms. The van der Waals surface area contributed by atoms with Crippen LogP contribution in [0.15, 0.2) is 71.7 Å². The molecule has 0 fully saturated rings. The lowest BCUT2D eigenvalue weighted by molar-refractivity contribution is 1.54. The third-order valence-corrected chi connectivity index (χ3v) is 3.07. The second-order valence-corrected chi connectivity index (χ2v) is 4.56. The minimum Gasteiger partial charge on any atom is -0.242 e. The van der Waals surface area contributed by atoms with E-state index in [0.29, 0.717) is 0 Å². The highest BCUT2D eigenvalue weighted by Crippen LogP contribution is 2.15. The van der Waals surface area contributed by atoms with Crippen molar-refractivity contribution >= 4 is 28.6 Å². The van der Waals surface area contributed by atoms with Crippen LogP contribution in [-0.2, 0) is 0 Å². The number of thioether (sulfide) groups is 1. The predicted octanol–water partition coefficient (Wildman–Crippen LogP) is 4.79. The topological polar surface area (TPSA) is 12.4 Å². The van der Waals surface area contributed by atoms with Crippen molar-refractivity contribution in [1.82, 2.24) is 0 Å². The molecule has 1 nitrogen and oxygen atoms in total. The Bertz CT molecular complexity index is 530. The lowest BCUT2D eigenvalue weighted by atomic mass is 10.2. The summed E-state index contributed by atoms with van der Waals surface area (Å²) in [5.41, 5.74) is 2.17. The summed E-state index contributed by atoms with van der Waals surface area (Å²) in [5, 5.41) is 1.00. The van der Waals surface area contributed by atoms with Gasteiger partial charge in [0.1, 0.15) is 0 Å². The molecule has 0 saturated heterocycles. The van der Waals surface area contributed by atoms with Gasteiger partial charge in [-0.25, -0.2) is 4.99 Å². The van der Waals surface area contributed by atoms with Crippen LogP contribution >= 0.6 is 11.8 Å². The molecule has 0 spiro atoms. The number of benzene rings is 2. The summed E-state index contributed by atoms with van der Waals surface area (Å²) in [5.74, 6) is 0. The van der Waals surface area contributed by atoms with Crippen molar-refractivity contribution in [3.05, 3.63) is 72.3 Å². The Kier molecular flexibility index (Phi) is 4.79. The fourth-order valence-electron chi connectivity index (χ4n) is 1.51. The monoisotopic (exact) mass is 253 g/mol. The first-order valence-corrected chi connectivity index (χ1v) is 7.02. The summed E-state index contributed by atoms with van der Waals surface area (Å²) in [4.78, 5) is 4.58. The van der Waals surface area contributed by atoms with Crippen LogP contribution in [-0.4, -0.2) is 11.3 Å². The zero-order valence-electron chi connectivity index (χ0n) is 10.3. The zero-order chi connectivity index (χ0) is 12.6. The molecule has 0 saturated carbocycles. The molecule has 2 heteroatoms. The number of hydrogen-bond acceptors (Lipinski definition) is 2. The van der Waals surface area contributed by atoms with Gasteiger partial charge in [0.15, 0.2) is 0 Å². The Labute approximate surface area is 112 Å². The number of para-hydroxylation sites is 1. The third kappa shape index (κ3) is 3.90. The Morgan fingerprint density at radius 1 is 0.944 bits per heavy atom. The second kappa shape index (κ2) is 6.82. The Balaban J connectivity index is 2.15. The van der Waals surface area contributed by atoms with Crippen LogP contribution in [0.5, 0.6) is 0 Å². The van der Waals surface area contributed by atoms with Gasteiger partial charge in [-0.2, -0.15) is 0 Å². The molecule has 0 aliphatic rings. The van der Waals surface area contributed by atoms with Crippen LogP contribution in [0.1, 0.15) is 5.56 Å². The zero-order valence-corrected chi connectivity index (χ0v) is 11.1. The molecule has 0 aromatic heterocycles. The standard InChI is InChI=1S/C16H15NS/c1-18-16(17-15-10-6-3-7-11-15)13-12-14-8-4-2-5-9-14/h2-13H,1H3/b13-12+,17-16?. The van der Waals surface area contributed by atoms with Crippen LogP contribution in [0.4, 0.5) is 5.69 Å². The van der Waals surface area contributed by atoms with Crippen molar-refractivity contribution in [3.63, 3.8) is 0 Å². The van der Waals surface area contributed by atoms with Crippen LogP contribution in [0, 0.1) is 0 Å². The van der Waals surface area contributed by atoms with Crippen LogP contribution in [0.25, 0.3) is 6.08 Å². The highest BCUT2D eigenvalue weighted by molar-refractivity contribution is 8.13. The minimum atomic E-state index is 0.986. The molecular formula is C16H15NS. The van der Waals surface area contributed by atoms with Gasteiger partial charge in [0.2, 0.25) is 0 Å². The summed E-state index contributed by atoms with van der Waals surface area (Å²) in [7, 11) is 0. The first-order valence-electron chi connectivity index (χ1n) is 5.79. The van der Waals surface area contributed by atoms with Crippen molar-refractivity contribution in [3.8, 4) is 0 Å². The molecule has 0 aliphatic carbocycles. The molecule has 0 amide bonds. The highest BCUT2D eigenvalue weighted by atomic mass is 32.2. The summed E-state index contributed by atoms with van der Waals surface area (Å²) < 4.78 is 0. The summed E-state index contributed by atoms with van der Waals surface area (Å²) in [6.07, 6.45) is 6.17. The van der Waals surface area contributed by atoms with Gasteiger partial charge >= 0.3 is 0 Å². The molecule has 2 rings (SSSR count). The summed E-state index contributed by atoms with van der Waals surface area (Å²) >= 11 is 1.65. The van der Waals surface area contributed by atoms with Gasteiger partial charge in [-0.1, -0.05) is 54.6 Å². The van der Waals surface area contributed by atoms with Crippen molar-refractivity contribution in [1.29, 1.82) is 0 Å². The fourth-order valence-corrected chi connectivity index (χ4v) is 1.91. The van der Waals surface area contributed by atoms with Crippen LogP contribution < -0.4 is 0 Å². The normalized spacial score (nSPS) is 11.9. The van der Waals surface area contributed by atoms with E-state index in [1.54, 1.807) is 11.8 Å². The molecule has 90 valence electrons. The summed E-state index contributed by atoms with van der Waals surface area (Å²) in [6, 6.07) is 20.3. The van der Waals surface area contributed by atoms with Crippen molar-refractivity contribution < 1.29 is 0 Å². The van der Waals surface area contributed by atoms with Crippen molar-refractivity contribution in [2.45, 2.75) is 0 Å². The molecule has 2 aromatic rings. The third-order valence-electron chi connectivity index (χ3n) is 2.42. The largest absolute Gasteiger partial charge is 0.242 e. The molecule has 0 bridgehead atoms. The first-order chi connectivity index (χ1) is 8.88. The van der Waals surface area contributed by atoms with Gasteiger partial charge in [-0.15, -0.1) is 11.8 Å². The maximum atomic E-state index is 4.58. The van der Waals surface area contributed by atoms with Crippen LogP contribution in [0.3, 0.4) is 0 Å². The van der Waals surface area contributed by atoms with E-state index < -0.39 is 0 Å². The van der Waals surface area contributed by atoms with Gasteiger partial charge in [-0.05, 0) is 30.0 Å². The molecule has 0 unspecified atom stereocenters. The first kappa shape index (κ1) is 12.7. The van der Waals surface area contributed by atoms with Gasteiger partial charge in [0.25, 0.3) is 0 Å². The van der Waals surface area contributed by atoms with E-state index >= 15 is 0 Å².